The highest BCUT2D eigenvalue weighted by atomic mass is 32.2. The van der Waals surface area contributed by atoms with E-state index in [1.54, 1.807) is 0 Å². The van der Waals surface area contributed by atoms with E-state index in [0.717, 1.165) is 24.6 Å². The summed E-state index contributed by atoms with van der Waals surface area (Å²) in [6.07, 6.45) is 1.70. The molecule has 4 nitrogen and oxygen atoms in total. The van der Waals surface area contributed by atoms with Crippen molar-refractivity contribution in [1.29, 1.82) is 0 Å². The van der Waals surface area contributed by atoms with Gasteiger partial charge in [-0.1, -0.05) is 12.1 Å². The molecule has 16 heavy (non-hydrogen) atoms. The minimum atomic E-state index is 0.383. The number of rotatable bonds is 4. The molecule has 2 heterocycles. The number of hydrogen-bond donors (Lipinski definition) is 1. The van der Waals surface area contributed by atoms with Crippen LogP contribution in [0.25, 0.3) is 0 Å². The van der Waals surface area contributed by atoms with Crippen LogP contribution in [0.1, 0.15) is 30.3 Å². The smallest absolute Gasteiger partial charge is 0.226 e. The van der Waals surface area contributed by atoms with Crippen molar-refractivity contribution in [2.75, 3.05) is 18.1 Å². The standard InChI is InChI=1S/C10H17N3OS2/c1-7-9(16-6-5-15-7)10-12-8(14-13-10)3-2-4-11/h7,9H,2-6,11H2,1H3. The van der Waals surface area contributed by atoms with Crippen molar-refractivity contribution in [3.8, 4) is 0 Å². The average molecular weight is 259 g/mol. The highest BCUT2D eigenvalue weighted by Gasteiger charge is 2.28. The second-order valence-electron chi connectivity index (χ2n) is 3.81. The molecule has 6 heteroatoms. The van der Waals surface area contributed by atoms with Gasteiger partial charge in [0.05, 0.1) is 5.25 Å². The monoisotopic (exact) mass is 259 g/mol. The van der Waals surface area contributed by atoms with E-state index in [1.807, 2.05) is 23.5 Å². The lowest BCUT2D eigenvalue weighted by Gasteiger charge is -2.24. The van der Waals surface area contributed by atoms with Gasteiger partial charge in [-0.25, -0.2) is 0 Å². The van der Waals surface area contributed by atoms with E-state index in [-0.39, 0.29) is 0 Å². The Morgan fingerprint density at radius 1 is 1.44 bits per heavy atom. The van der Waals surface area contributed by atoms with E-state index in [9.17, 15) is 0 Å². The lowest BCUT2D eigenvalue weighted by atomic mass is 10.3. The molecule has 0 spiro atoms. The summed E-state index contributed by atoms with van der Waals surface area (Å²) in [7, 11) is 0. The molecule has 0 amide bonds. The first-order valence-corrected chi connectivity index (χ1v) is 7.66. The highest BCUT2D eigenvalue weighted by Crippen LogP contribution is 2.41. The molecule has 1 saturated heterocycles. The van der Waals surface area contributed by atoms with Crippen LogP contribution in [0.3, 0.4) is 0 Å². The van der Waals surface area contributed by atoms with Gasteiger partial charge in [0.1, 0.15) is 0 Å². The molecule has 2 N–H and O–H groups in total. The van der Waals surface area contributed by atoms with Crippen molar-refractivity contribution >= 4 is 23.5 Å². The molecule has 2 unspecified atom stereocenters. The van der Waals surface area contributed by atoms with Crippen LogP contribution in [0, 0.1) is 0 Å². The summed E-state index contributed by atoms with van der Waals surface area (Å²) >= 11 is 3.92. The molecule has 2 atom stereocenters. The van der Waals surface area contributed by atoms with Crippen LogP contribution in [0.15, 0.2) is 4.52 Å². The third kappa shape index (κ3) is 2.93. The summed E-state index contributed by atoms with van der Waals surface area (Å²) in [6, 6.07) is 0. The highest BCUT2D eigenvalue weighted by molar-refractivity contribution is 8.06. The minimum absolute atomic E-state index is 0.383. The predicted octanol–water partition coefficient (Wildman–Crippen LogP) is 1.87. The Morgan fingerprint density at radius 3 is 3.00 bits per heavy atom. The molecular formula is C10H17N3OS2. The molecule has 1 fully saturated rings. The zero-order valence-corrected chi connectivity index (χ0v) is 11.0. The van der Waals surface area contributed by atoms with Crippen molar-refractivity contribution in [1.82, 2.24) is 10.1 Å². The van der Waals surface area contributed by atoms with Gasteiger partial charge in [-0.05, 0) is 13.0 Å². The van der Waals surface area contributed by atoms with Crippen molar-refractivity contribution in [3.63, 3.8) is 0 Å². The van der Waals surface area contributed by atoms with E-state index in [1.165, 1.54) is 11.5 Å². The van der Waals surface area contributed by atoms with Gasteiger partial charge in [0.2, 0.25) is 5.89 Å². The first-order valence-electron chi connectivity index (χ1n) is 5.57. The van der Waals surface area contributed by atoms with E-state index in [2.05, 4.69) is 17.1 Å². The van der Waals surface area contributed by atoms with Gasteiger partial charge in [0.25, 0.3) is 0 Å². The second-order valence-corrected chi connectivity index (χ2v) is 6.54. The van der Waals surface area contributed by atoms with E-state index < -0.39 is 0 Å². The lowest BCUT2D eigenvalue weighted by molar-refractivity contribution is 0.370. The van der Waals surface area contributed by atoms with Crippen molar-refractivity contribution in [3.05, 3.63) is 11.7 Å². The minimum Gasteiger partial charge on any atom is -0.339 e. The number of aromatic nitrogens is 2. The third-order valence-corrected chi connectivity index (χ3v) is 5.61. The van der Waals surface area contributed by atoms with Gasteiger partial charge in [-0.3, -0.25) is 0 Å². The summed E-state index contributed by atoms with van der Waals surface area (Å²) in [5.41, 5.74) is 5.45. The fourth-order valence-electron chi connectivity index (χ4n) is 1.65. The summed E-state index contributed by atoms with van der Waals surface area (Å²) in [4.78, 5) is 4.45. The fraction of sp³-hybridized carbons (Fsp3) is 0.800. The van der Waals surface area contributed by atoms with Gasteiger partial charge in [0.15, 0.2) is 5.82 Å². The molecule has 2 rings (SSSR count). The Kier molecular flexibility index (Phi) is 4.55. The maximum atomic E-state index is 5.45. The molecule has 0 aromatic carbocycles. The molecule has 0 bridgehead atoms. The molecule has 1 aromatic rings. The number of nitrogens with zero attached hydrogens (tertiary/aromatic N) is 2. The summed E-state index contributed by atoms with van der Waals surface area (Å²) in [6.45, 7) is 2.90. The Morgan fingerprint density at radius 2 is 2.25 bits per heavy atom. The Balaban J connectivity index is 1.99. The van der Waals surface area contributed by atoms with Crippen LogP contribution < -0.4 is 5.73 Å². The van der Waals surface area contributed by atoms with Gasteiger partial charge < -0.3 is 10.3 Å². The van der Waals surface area contributed by atoms with Crippen molar-refractivity contribution < 1.29 is 4.52 Å². The maximum absolute atomic E-state index is 5.45. The predicted molar refractivity (Wildman–Crippen MR) is 68.8 cm³/mol. The number of aryl methyl sites for hydroxylation is 1. The summed E-state index contributed by atoms with van der Waals surface area (Å²) in [5, 5.41) is 5.03. The van der Waals surface area contributed by atoms with E-state index in [4.69, 9.17) is 10.3 Å². The summed E-state index contributed by atoms with van der Waals surface area (Å²) in [5.74, 6) is 3.98. The van der Waals surface area contributed by atoms with Gasteiger partial charge in [0, 0.05) is 23.2 Å². The fourth-order valence-corrected chi connectivity index (χ4v) is 4.33. The van der Waals surface area contributed by atoms with Crippen molar-refractivity contribution in [2.24, 2.45) is 5.73 Å². The lowest BCUT2D eigenvalue weighted by Crippen LogP contribution is -2.16. The zero-order valence-electron chi connectivity index (χ0n) is 9.39. The van der Waals surface area contributed by atoms with E-state index in [0.29, 0.717) is 17.0 Å². The number of hydrogen-bond acceptors (Lipinski definition) is 6. The SMILES string of the molecule is CC1SCCSC1c1noc(CCCN)n1. The molecule has 1 aliphatic rings. The molecular weight excluding hydrogens is 242 g/mol. The van der Waals surface area contributed by atoms with Crippen LogP contribution in [0.5, 0.6) is 0 Å². The zero-order chi connectivity index (χ0) is 11.4. The second kappa shape index (κ2) is 5.93. The molecule has 0 saturated carbocycles. The third-order valence-electron chi connectivity index (χ3n) is 2.52. The van der Waals surface area contributed by atoms with Gasteiger partial charge in [-0.2, -0.15) is 16.7 Å². The molecule has 0 aliphatic carbocycles. The van der Waals surface area contributed by atoms with Crippen LogP contribution in [0.2, 0.25) is 0 Å². The van der Waals surface area contributed by atoms with Crippen LogP contribution >= 0.6 is 23.5 Å². The van der Waals surface area contributed by atoms with Crippen LogP contribution in [0.4, 0.5) is 0 Å². The van der Waals surface area contributed by atoms with Crippen LogP contribution in [-0.4, -0.2) is 33.4 Å². The average Bonchev–Trinajstić information content (AvgIpc) is 2.75. The first-order chi connectivity index (χ1) is 7.81. The van der Waals surface area contributed by atoms with Crippen molar-refractivity contribution in [2.45, 2.75) is 30.3 Å². The van der Waals surface area contributed by atoms with Gasteiger partial charge in [-0.15, -0.1) is 11.8 Å². The summed E-state index contributed by atoms with van der Waals surface area (Å²) < 4.78 is 5.23. The quantitative estimate of drug-likeness (QED) is 0.890. The molecule has 0 radical (unpaired) electrons. The maximum Gasteiger partial charge on any atom is 0.226 e. The topological polar surface area (TPSA) is 64.9 Å². The first kappa shape index (κ1) is 12.3. The number of thioether (sulfide) groups is 2. The normalized spacial score (nSPS) is 25.9. The molecule has 1 aromatic heterocycles. The Bertz CT molecular complexity index is 332. The van der Waals surface area contributed by atoms with Gasteiger partial charge >= 0.3 is 0 Å². The Labute approximate surface area is 104 Å². The van der Waals surface area contributed by atoms with E-state index >= 15 is 0 Å². The van der Waals surface area contributed by atoms with Crippen LogP contribution in [-0.2, 0) is 6.42 Å². The largest absolute Gasteiger partial charge is 0.339 e. The number of nitrogens with two attached hydrogens (primary N) is 1. The Hall–Kier alpha value is -0.200. The molecule has 1 aliphatic heterocycles. The molecule has 90 valence electrons.